The van der Waals surface area contributed by atoms with Crippen molar-refractivity contribution in [3.8, 4) is 5.75 Å². The lowest BCUT2D eigenvalue weighted by Crippen LogP contribution is -2.51. The normalized spacial score (nSPS) is 19.3. The molecule has 2 aliphatic rings. The van der Waals surface area contributed by atoms with Gasteiger partial charge in [-0.2, -0.15) is 0 Å². The van der Waals surface area contributed by atoms with E-state index in [1.54, 1.807) is 7.11 Å². The summed E-state index contributed by atoms with van der Waals surface area (Å²) < 4.78 is 11.2. The van der Waals surface area contributed by atoms with Crippen molar-refractivity contribution in [2.24, 2.45) is 5.41 Å². The number of methoxy groups -OCH3 is 1. The fraction of sp³-hybridized carbons (Fsp3) is 0.375. The molecule has 1 fully saturated rings. The van der Waals surface area contributed by atoms with Crippen LogP contribution in [0.4, 0.5) is 0 Å². The molecule has 2 N–H and O–H groups in total. The molecular formula is C24H27ClN2O3. The van der Waals surface area contributed by atoms with E-state index in [1.807, 2.05) is 36.4 Å². The van der Waals surface area contributed by atoms with E-state index < -0.39 is 5.41 Å². The molecule has 5 rings (SSSR count). The standard InChI is InChI=1S/C24H26N2O3.ClH/c1-28-17-8-9-20-19(14-17)18-10-13-25-22(21(18)26-20)24(11-5-12-24)23(27)29-15-16-6-3-2-4-7-16;/h2-4,6-9,14,22,25-26H,5,10-13,15H2,1H3;1H. The van der Waals surface area contributed by atoms with E-state index in [4.69, 9.17) is 9.47 Å². The van der Waals surface area contributed by atoms with Crippen LogP contribution in [-0.2, 0) is 22.6 Å². The molecule has 0 saturated heterocycles. The van der Waals surface area contributed by atoms with Crippen molar-refractivity contribution in [1.29, 1.82) is 0 Å². The summed E-state index contributed by atoms with van der Waals surface area (Å²) in [6.07, 6.45) is 3.71. The van der Waals surface area contributed by atoms with E-state index in [9.17, 15) is 4.79 Å². The molecule has 3 aromatic rings. The van der Waals surface area contributed by atoms with Gasteiger partial charge in [0, 0.05) is 16.6 Å². The molecule has 5 nitrogen and oxygen atoms in total. The average Bonchev–Trinajstić information content (AvgIpc) is 3.11. The minimum Gasteiger partial charge on any atom is -0.497 e. The molecule has 30 heavy (non-hydrogen) atoms. The summed E-state index contributed by atoms with van der Waals surface area (Å²) in [5, 5.41) is 4.82. The molecule has 0 spiro atoms. The van der Waals surface area contributed by atoms with Gasteiger partial charge in [0.15, 0.2) is 0 Å². The third kappa shape index (κ3) is 3.36. The number of aromatic nitrogens is 1. The predicted octanol–water partition coefficient (Wildman–Crippen LogP) is 4.70. The molecule has 1 aromatic heterocycles. The fourth-order valence-electron chi connectivity index (χ4n) is 4.84. The van der Waals surface area contributed by atoms with Gasteiger partial charge in [-0.05, 0) is 55.1 Å². The molecule has 6 heteroatoms. The van der Waals surface area contributed by atoms with E-state index in [1.165, 1.54) is 10.9 Å². The summed E-state index contributed by atoms with van der Waals surface area (Å²) >= 11 is 0. The molecule has 1 saturated carbocycles. The molecular weight excluding hydrogens is 400 g/mol. The van der Waals surface area contributed by atoms with Gasteiger partial charge in [-0.1, -0.05) is 36.8 Å². The van der Waals surface area contributed by atoms with Gasteiger partial charge in [-0.15, -0.1) is 12.4 Å². The number of carbonyl (C=O) groups excluding carboxylic acids is 1. The number of nitrogens with one attached hydrogen (secondary N) is 2. The number of esters is 1. The van der Waals surface area contributed by atoms with Gasteiger partial charge in [0.2, 0.25) is 0 Å². The number of H-pyrrole nitrogens is 1. The van der Waals surface area contributed by atoms with Crippen LogP contribution in [0.15, 0.2) is 48.5 Å². The minimum atomic E-state index is -0.491. The Morgan fingerprint density at radius 3 is 2.67 bits per heavy atom. The second-order valence-corrected chi connectivity index (χ2v) is 8.14. The topological polar surface area (TPSA) is 63.3 Å². The van der Waals surface area contributed by atoms with E-state index >= 15 is 0 Å². The van der Waals surface area contributed by atoms with Crippen LogP contribution in [0, 0.1) is 5.41 Å². The maximum Gasteiger partial charge on any atom is 0.314 e. The highest BCUT2D eigenvalue weighted by atomic mass is 35.5. The number of hydrogen-bond acceptors (Lipinski definition) is 4. The lowest BCUT2D eigenvalue weighted by Gasteiger charge is -2.46. The second-order valence-electron chi connectivity index (χ2n) is 8.14. The molecule has 1 unspecified atom stereocenters. The highest BCUT2D eigenvalue weighted by molar-refractivity contribution is 5.87. The van der Waals surface area contributed by atoms with Crippen molar-refractivity contribution in [2.45, 2.75) is 38.3 Å². The van der Waals surface area contributed by atoms with Crippen LogP contribution in [0.3, 0.4) is 0 Å². The highest BCUT2D eigenvalue weighted by Crippen LogP contribution is 2.53. The van der Waals surface area contributed by atoms with Crippen molar-refractivity contribution >= 4 is 29.3 Å². The maximum absolute atomic E-state index is 13.2. The molecule has 1 aliphatic heterocycles. The van der Waals surface area contributed by atoms with Crippen LogP contribution in [0.2, 0.25) is 0 Å². The quantitative estimate of drug-likeness (QED) is 0.580. The molecule has 1 aliphatic carbocycles. The SMILES string of the molecule is COc1ccc2[nH]c3c(c2c1)CCNC3C1(C(=O)OCc2ccccc2)CCC1.Cl. The van der Waals surface area contributed by atoms with Crippen molar-refractivity contribution in [3.63, 3.8) is 0 Å². The third-order valence-electron chi connectivity index (χ3n) is 6.58. The number of benzene rings is 2. The summed E-state index contributed by atoms with van der Waals surface area (Å²) in [6.45, 7) is 1.18. The van der Waals surface area contributed by atoms with Gasteiger partial charge >= 0.3 is 5.97 Å². The van der Waals surface area contributed by atoms with Gasteiger partial charge in [-0.25, -0.2) is 0 Å². The zero-order valence-electron chi connectivity index (χ0n) is 17.1. The van der Waals surface area contributed by atoms with Crippen molar-refractivity contribution in [2.75, 3.05) is 13.7 Å². The summed E-state index contributed by atoms with van der Waals surface area (Å²) in [7, 11) is 1.69. The summed E-state index contributed by atoms with van der Waals surface area (Å²) in [4.78, 5) is 16.8. The second kappa shape index (κ2) is 8.32. The van der Waals surface area contributed by atoms with Crippen LogP contribution >= 0.6 is 12.4 Å². The van der Waals surface area contributed by atoms with E-state index in [-0.39, 0.29) is 24.4 Å². The zero-order valence-corrected chi connectivity index (χ0v) is 17.9. The largest absolute Gasteiger partial charge is 0.497 e. The summed E-state index contributed by atoms with van der Waals surface area (Å²) in [5.41, 5.74) is 4.05. The summed E-state index contributed by atoms with van der Waals surface area (Å²) in [6, 6.07) is 16.0. The Bertz CT molecular complexity index is 1040. The number of hydrogen-bond donors (Lipinski definition) is 2. The molecule has 0 bridgehead atoms. The van der Waals surface area contributed by atoms with Gasteiger partial charge in [0.25, 0.3) is 0 Å². The first kappa shape index (κ1) is 20.8. The first-order chi connectivity index (χ1) is 14.2. The van der Waals surface area contributed by atoms with E-state index in [0.29, 0.717) is 6.61 Å². The van der Waals surface area contributed by atoms with Crippen molar-refractivity contribution < 1.29 is 14.3 Å². The van der Waals surface area contributed by atoms with Gasteiger partial charge in [-0.3, -0.25) is 4.79 Å². The van der Waals surface area contributed by atoms with Crippen LogP contribution in [0.1, 0.15) is 42.1 Å². The van der Waals surface area contributed by atoms with Crippen LogP contribution < -0.4 is 10.1 Å². The number of fused-ring (bicyclic) bond motifs is 3. The first-order valence-corrected chi connectivity index (χ1v) is 10.3. The Balaban J connectivity index is 0.00000218. The Morgan fingerprint density at radius 2 is 1.97 bits per heavy atom. The Labute approximate surface area is 182 Å². The first-order valence-electron chi connectivity index (χ1n) is 10.3. The Morgan fingerprint density at radius 1 is 1.17 bits per heavy atom. The Hall–Kier alpha value is -2.50. The minimum absolute atomic E-state index is 0. The predicted molar refractivity (Wildman–Crippen MR) is 119 cm³/mol. The average molecular weight is 427 g/mol. The molecule has 0 amide bonds. The van der Waals surface area contributed by atoms with Gasteiger partial charge < -0.3 is 19.8 Å². The molecule has 0 radical (unpaired) electrons. The number of aromatic amines is 1. The third-order valence-corrected chi connectivity index (χ3v) is 6.58. The zero-order chi connectivity index (χ0) is 19.8. The highest BCUT2D eigenvalue weighted by Gasteiger charge is 2.53. The molecule has 1 atom stereocenters. The van der Waals surface area contributed by atoms with Gasteiger partial charge in [0.05, 0.1) is 18.6 Å². The number of ether oxygens (including phenoxy) is 2. The number of halogens is 1. The van der Waals surface area contributed by atoms with Crippen molar-refractivity contribution in [1.82, 2.24) is 10.3 Å². The smallest absolute Gasteiger partial charge is 0.314 e. The van der Waals surface area contributed by atoms with Crippen molar-refractivity contribution in [3.05, 3.63) is 65.4 Å². The molecule has 158 valence electrons. The molecule has 2 aromatic carbocycles. The van der Waals surface area contributed by atoms with E-state index in [0.717, 1.165) is 54.8 Å². The lowest BCUT2D eigenvalue weighted by atomic mass is 9.62. The number of carbonyl (C=O) groups is 1. The lowest BCUT2D eigenvalue weighted by molar-refractivity contribution is -0.166. The number of rotatable bonds is 5. The fourth-order valence-corrected chi connectivity index (χ4v) is 4.84. The summed E-state index contributed by atoms with van der Waals surface area (Å²) in [5.74, 6) is 0.768. The molecule has 2 heterocycles. The van der Waals surface area contributed by atoms with Gasteiger partial charge in [0.1, 0.15) is 12.4 Å². The van der Waals surface area contributed by atoms with Crippen LogP contribution in [-0.4, -0.2) is 24.6 Å². The van der Waals surface area contributed by atoms with E-state index in [2.05, 4.69) is 22.4 Å². The monoisotopic (exact) mass is 426 g/mol. The van der Waals surface area contributed by atoms with Crippen LogP contribution in [0.25, 0.3) is 10.9 Å². The Kier molecular flexibility index (Phi) is 5.76. The van der Waals surface area contributed by atoms with Crippen LogP contribution in [0.5, 0.6) is 5.75 Å². The maximum atomic E-state index is 13.2.